The Morgan fingerprint density at radius 3 is 2.62 bits per heavy atom. The van der Waals surface area contributed by atoms with Gasteiger partial charge in [-0.05, 0) is 13.0 Å². The second-order valence-corrected chi connectivity index (χ2v) is 6.73. The lowest BCUT2D eigenvalue weighted by Gasteiger charge is -2.37. The van der Waals surface area contributed by atoms with Crippen molar-refractivity contribution in [1.29, 1.82) is 0 Å². The summed E-state index contributed by atoms with van der Waals surface area (Å²) in [5, 5.41) is 3.20. The molecule has 2 aliphatic rings. The fourth-order valence-electron chi connectivity index (χ4n) is 3.45. The number of rotatable bonds is 4. The van der Waals surface area contributed by atoms with Gasteiger partial charge in [-0.2, -0.15) is 4.98 Å². The standard InChI is InChI=1S/C19H23FN4O2/c1-14-12-17(21-13-15-4-2-3-5-16(15)20)23-18(22-14)24-8-6-19(7-9-24)25-10-11-26-19/h2-5,12H,6-11,13H2,1H3,(H,21,22,23). The topological polar surface area (TPSA) is 59.5 Å². The first-order valence-corrected chi connectivity index (χ1v) is 8.99. The van der Waals surface area contributed by atoms with E-state index in [0.29, 0.717) is 37.1 Å². The number of nitrogens with one attached hydrogen (secondary N) is 1. The minimum absolute atomic E-state index is 0.219. The van der Waals surface area contributed by atoms with Crippen LogP contribution < -0.4 is 10.2 Å². The first kappa shape index (κ1) is 17.2. The van der Waals surface area contributed by atoms with Crippen LogP contribution in [0, 0.1) is 12.7 Å². The minimum Gasteiger partial charge on any atom is -0.366 e. The number of hydrogen-bond acceptors (Lipinski definition) is 6. The average molecular weight is 358 g/mol. The zero-order chi connectivity index (χ0) is 18.0. The Morgan fingerprint density at radius 2 is 1.88 bits per heavy atom. The lowest BCUT2D eigenvalue weighted by molar-refractivity contribution is -0.169. The van der Waals surface area contributed by atoms with Gasteiger partial charge in [0.15, 0.2) is 5.79 Å². The van der Waals surface area contributed by atoms with Crippen molar-refractivity contribution in [2.45, 2.75) is 32.1 Å². The smallest absolute Gasteiger partial charge is 0.227 e. The molecule has 0 radical (unpaired) electrons. The summed E-state index contributed by atoms with van der Waals surface area (Å²) < 4.78 is 25.3. The van der Waals surface area contributed by atoms with Gasteiger partial charge in [0.05, 0.1) is 13.2 Å². The third kappa shape index (κ3) is 3.64. The Balaban J connectivity index is 1.44. The SMILES string of the molecule is Cc1cc(NCc2ccccc2F)nc(N2CCC3(CC2)OCCO3)n1. The molecule has 0 unspecified atom stereocenters. The third-order valence-corrected chi connectivity index (χ3v) is 4.88. The normalized spacial score (nSPS) is 19.1. The molecule has 1 spiro atoms. The number of piperidine rings is 1. The molecular formula is C19H23FN4O2. The molecule has 6 nitrogen and oxygen atoms in total. The largest absolute Gasteiger partial charge is 0.366 e. The van der Waals surface area contributed by atoms with E-state index in [4.69, 9.17) is 9.47 Å². The molecule has 0 bridgehead atoms. The van der Waals surface area contributed by atoms with Crippen LogP contribution in [0.5, 0.6) is 0 Å². The maximum Gasteiger partial charge on any atom is 0.227 e. The van der Waals surface area contributed by atoms with Crippen molar-refractivity contribution >= 4 is 11.8 Å². The van der Waals surface area contributed by atoms with Crippen LogP contribution in [0.15, 0.2) is 30.3 Å². The summed E-state index contributed by atoms with van der Waals surface area (Å²) in [6.45, 7) is 5.24. The Morgan fingerprint density at radius 1 is 1.15 bits per heavy atom. The predicted molar refractivity (Wildman–Crippen MR) is 96.6 cm³/mol. The molecule has 2 fully saturated rings. The molecule has 3 heterocycles. The highest BCUT2D eigenvalue weighted by molar-refractivity contribution is 5.44. The van der Waals surface area contributed by atoms with E-state index in [9.17, 15) is 4.39 Å². The van der Waals surface area contributed by atoms with E-state index in [1.54, 1.807) is 12.1 Å². The molecule has 2 saturated heterocycles. The predicted octanol–water partition coefficient (Wildman–Crippen LogP) is 2.88. The number of benzene rings is 1. The van der Waals surface area contributed by atoms with Gasteiger partial charge in [-0.15, -0.1) is 0 Å². The van der Waals surface area contributed by atoms with Gasteiger partial charge in [0.1, 0.15) is 11.6 Å². The van der Waals surface area contributed by atoms with Crippen molar-refractivity contribution in [3.8, 4) is 0 Å². The Kier molecular flexibility index (Phi) is 4.74. The molecule has 0 amide bonds. The number of aryl methyl sites for hydroxylation is 1. The van der Waals surface area contributed by atoms with Crippen molar-refractivity contribution in [2.75, 3.05) is 36.5 Å². The number of anilines is 2. The van der Waals surface area contributed by atoms with E-state index in [1.807, 2.05) is 19.1 Å². The highest BCUT2D eigenvalue weighted by atomic mass is 19.1. The third-order valence-electron chi connectivity index (χ3n) is 4.88. The minimum atomic E-state index is -0.410. The van der Waals surface area contributed by atoms with Crippen molar-refractivity contribution < 1.29 is 13.9 Å². The van der Waals surface area contributed by atoms with Crippen molar-refractivity contribution in [2.24, 2.45) is 0 Å². The van der Waals surface area contributed by atoms with Crippen molar-refractivity contribution in [1.82, 2.24) is 9.97 Å². The molecule has 138 valence electrons. The van der Waals surface area contributed by atoms with Gasteiger partial charge >= 0.3 is 0 Å². The van der Waals surface area contributed by atoms with Crippen LogP contribution in [-0.4, -0.2) is 42.1 Å². The summed E-state index contributed by atoms with van der Waals surface area (Å²) in [6.07, 6.45) is 1.62. The number of hydrogen-bond donors (Lipinski definition) is 1. The molecule has 26 heavy (non-hydrogen) atoms. The summed E-state index contributed by atoms with van der Waals surface area (Å²) in [6, 6.07) is 8.62. The molecule has 2 aliphatic heterocycles. The second-order valence-electron chi connectivity index (χ2n) is 6.73. The summed E-state index contributed by atoms with van der Waals surface area (Å²) in [7, 11) is 0. The van der Waals surface area contributed by atoms with Crippen LogP contribution in [0.2, 0.25) is 0 Å². The van der Waals surface area contributed by atoms with Crippen molar-refractivity contribution in [3.05, 3.63) is 47.4 Å². The molecule has 1 N–H and O–H groups in total. The monoisotopic (exact) mass is 358 g/mol. The fraction of sp³-hybridized carbons (Fsp3) is 0.474. The highest BCUT2D eigenvalue weighted by Gasteiger charge is 2.40. The molecule has 2 aromatic rings. The van der Waals surface area contributed by atoms with Crippen LogP contribution >= 0.6 is 0 Å². The summed E-state index contributed by atoms with van der Waals surface area (Å²) in [5.74, 6) is 0.758. The Bertz CT molecular complexity index is 770. The summed E-state index contributed by atoms with van der Waals surface area (Å²) >= 11 is 0. The quantitative estimate of drug-likeness (QED) is 0.907. The lowest BCUT2D eigenvalue weighted by Crippen LogP contribution is -2.45. The van der Waals surface area contributed by atoms with Gasteiger partial charge in [-0.1, -0.05) is 18.2 Å². The van der Waals surface area contributed by atoms with Gasteiger partial charge in [-0.3, -0.25) is 0 Å². The number of halogens is 1. The molecule has 1 aromatic carbocycles. The lowest BCUT2D eigenvalue weighted by atomic mass is 10.0. The number of ether oxygens (including phenoxy) is 2. The van der Waals surface area contributed by atoms with Gasteiger partial charge in [0.25, 0.3) is 0 Å². The van der Waals surface area contributed by atoms with Gasteiger partial charge in [-0.25, -0.2) is 9.37 Å². The Hall–Kier alpha value is -2.25. The van der Waals surface area contributed by atoms with E-state index in [2.05, 4.69) is 20.2 Å². The van der Waals surface area contributed by atoms with E-state index in [1.165, 1.54) is 6.07 Å². The fourth-order valence-corrected chi connectivity index (χ4v) is 3.45. The van der Waals surface area contributed by atoms with E-state index < -0.39 is 5.79 Å². The van der Waals surface area contributed by atoms with Crippen LogP contribution in [0.4, 0.5) is 16.2 Å². The van der Waals surface area contributed by atoms with Gasteiger partial charge in [0.2, 0.25) is 5.95 Å². The first-order valence-electron chi connectivity index (χ1n) is 8.99. The van der Waals surface area contributed by atoms with Gasteiger partial charge in [0, 0.05) is 49.8 Å². The average Bonchev–Trinajstić information content (AvgIpc) is 3.09. The zero-order valence-corrected chi connectivity index (χ0v) is 14.9. The molecule has 0 atom stereocenters. The molecular weight excluding hydrogens is 335 g/mol. The van der Waals surface area contributed by atoms with Crippen LogP contribution in [0.1, 0.15) is 24.1 Å². The zero-order valence-electron chi connectivity index (χ0n) is 14.9. The van der Waals surface area contributed by atoms with Crippen LogP contribution in [-0.2, 0) is 16.0 Å². The number of aromatic nitrogens is 2. The first-order chi connectivity index (χ1) is 12.6. The maximum absolute atomic E-state index is 13.8. The summed E-state index contributed by atoms with van der Waals surface area (Å²) in [4.78, 5) is 11.3. The molecule has 4 rings (SSSR count). The van der Waals surface area contributed by atoms with Crippen LogP contribution in [0.3, 0.4) is 0 Å². The van der Waals surface area contributed by atoms with Crippen molar-refractivity contribution in [3.63, 3.8) is 0 Å². The number of nitrogens with zero attached hydrogens (tertiary/aromatic N) is 3. The molecule has 7 heteroatoms. The molecule has 1 aromatic heterocycles. The van der Waals surface area contributed by atoms with E-state index in [-0.39, 0.29) is 5.82 Å². The maximum atomic E-state index is 13.8. The van der Waals surface area contributed by atoms with E-state index in [0.717, 1.165) is 31.6 Å². The van der Waals surface area contributed by atoms with E-state index >= 15 is 0 Å². The Labute approximate surface area is 152 Å². The summed E-state index contributed by atoms with van der Waals surface area (Å²) in [5.41, 5.74) is 1.49. The van der Waals surface area contributed by atoms with Gasteiger partial charge < -0.3 is 19.7 Å². The molecule has 0 saturated carbocycles. The second kappa shape index (κ2) is 7.17. The molecule has 0 aliphatic carbocycles. The van der Waals surface area contributed by atoms with Crippen LogP contribution in [0.25, 0.3) is 0 Å². The highest BCUT2D eigenvalue weighted by Crippen LogP contribution is 2.32.